The molecule has 1 aromatic carbocycles. The van der Waals surface area contributed by atoms with Crippen molar-refractivity contribution in [2.24, 2.45) is 7.05 Å². The summed E-state index contributed by atoms with van der Waals surface area (Å²) in [6.07, 6.45) is 0. The first kappa shape index (κ1) is 23.7. The predicted octanol–water partition coefficient (Wildman–Crippen LogP) is 2.86. The smallest absolute Gasteiger partial charge is 0.252 e. The van der Waals surface area contributed by atoms with E-state index in [9.17, 15) is 28.3 Å². The molecule has 0 amide bonds. The number of nitrogens with zero attached hydrogens (tertiary/aromatic N) is 5. The number of aryl methyl sites for hydroxylation is 1. The molecule has 3 heterocycles. The van der Waals surface area contributed by atoms with Gasteiger partial charge in [0, 0.05) is 56.0 Å². The van der Waals surface area contributed by atoms with Crippen LogP contribution in [0.3, 0.4) is 0 Å². The van der Waals surface area contributed by atoms with Gasteiger partial charge in [0.1, 0.15) is 34.7 Å². The van der Waals surface area contributed by atoms with Crippen molar-refractivity contribution in [1.82, 2.24) is 14.5 Å². The minimum absolute atomic E-state index is 0.202. The van der Waals surface area contributed by atoms with E-state index in [1.165, 1.54) is 16.7 Å². The summed E-state index contributed by atoms with van der Waals surface area (Å²) in [4.78, 5) is 20.7. The van der Waals surface area contributed by atoms with Gasteiger partial charge in [0.2, 0.25) is 0 Å². The van der Waals surface area contributed by atoms with Crippen LogP contribution in [0.1, 0.15) is 31.1 Å². The van der Waals surface area contributed by atoms with E-state index in [1.54, 1.807) is 24.9 Å². The molecule has 1 unspecified atom stereocenters. The number of halogens is 3. The number of aliphatic hydroxyl groups excluding tert-OH is 1. The number of nitriles is 1. The highest BCUT2D eigenvalue weighted by Crippen LogP contribution is 2.34. The normalized spacial score (nSPS) is 19.9. The van der Waals surface area contributed by atoms with Crippen LogP contribution in [0.5, 0.6) is 0 Å². The van der Waals surface area contributed by atoms with Gasteiger partial charge in [-0.2, -0.15) is 5.26 Å². The van der Waals surface area contributed by atoms with E-state index in [2.05, 4.69) is 4.98 Å². The van der Waals surface area contributed by atoms with Crippen molar-refractivity contribution in [1.29, 1.82) is 5.26 Å². The van der Waals surface area contributed by atoms with Crippen molar-refractivity contribution in [2.45, 2.75) is 32.0 Å². The number of aliphatic hydroxyl groups is 1. The first-order valence-corrected chi connectivity index (χ1v) is 10.8. The number of hydrogen-bond acceptors (Lipinski definition) is 6. The van der Waals surface area contributed by atoms with E-state index < -0.39 is 29.5 Å². The van der Waals surface area contributed by atoms with E-state index in [1.807, 2.05) is 17.9 Å². The van der Waals surface area contributed by atoms with Gasteiger partial charge in [-0.3, -0.25) is 9.69 Å². The third-order valence-electron chi connectivity index (χ3n) is 6.55. The first-order chi connectivity index (χ1) is 16.2. The van der Waals surface area contributed by atoms with Crippen LogP contribution in [0.2, 0.25) is 0 Å². The Bertz CT molecular complexity index is 1330. The number of fused-ring (bicyclic) bond motifs is 1. The van der Waals surface area contributed by atoms with Crippen molar-refractivity contribution < 1.29 is 18.3 Å². The average Bonchev–Trinajstić information content (AvgIpc) is 2.80. The lowest BCUT2D eigenvalue weighted by atomic mass is 9.98. The van der Waals surface area contributed by atoms with Crippen LogP contribution in [0.15, 0.2) is 35.1 Å². The molecule has 0 radical (unpaired) electrons. The van der Waals surface area contributed by atoms with Crippen LogP contribution in [0.25, 0.3) is 11.0 Å². The molecule has 0 saturated carbocycles. The monoisotopic (exact) mass is 471 g/mol. The third-order valence-corrected chi connectivity index (χ3v) is 6.55. The van der Waals surface area contributed by atoms with Gasteiger partial charge >= 0.3 is 0 Å². The summed E-state index contributed by atoms with van der Waals surface area (Å²) in [5.74, 6) is -2.96. The molecule has 178 valence electrons. The summed E-state index contributed by atoms with van der Waals surface area (Å²) in [5, 5.41) is 19.4. The van der Waals surface area contributed by atoms with E-state index in [0.717, 1.165) is 0 Å². The Hall–Kier alpha value is -3.42. The molecule has 0 spiro atoms. The topological polar surface area (TPSA) is 85.4 Å². The molecule has 10 heteroatoms. The van der Waals surface area contributed by atoms with Gasteiger partial charge in [0.05, 0.1) is 23.9 Å². The Kier molecular flexibility index (Phi) is 6.34. The van der Waals surface area contributed by atoms with Crippen LogP contribution < -0.4 is 10.5 Å². The van der Waals surface area contributed by atoms with E-state index in [4.69, 9.17) is 0 Å². The second-order valence-corrected chi connectivity index (χ2v) is 8.60. The van der Waals surface area contributed by atoms with Crippen LogP contribution in [0, 0.1) is 28.8 Å². The summed E-state index contributed by atoms with van der Waals surface area (Å²) in [6.45, 7) is 3.74. The van der Waals surface area contributed by atoms with Crippen LogP contribution in [-0.2, 0) is 7.05 Å². The molecule has 3 atom stereocenters. The van der Waals surface area contributed by atoms with Crippen molar-refractivity contribution in [3.8, 4) is 6.07 Å². The molecular weight excluding hydrogens is 447 g/mol. The lowest BCUT2D eigenvalue weighted by Crippen LogP contribution is -2.59. The predicted molar refractivity (Wildman–Crippen MR) is 121 cm³/mol. The highest BCUT2D eigenvalue weighted by molar-refractivity contribution is 5.89. The highest BCUT2D eigenvalue weighted by atomic mass is 19.1. The van der Waals surface area contributed by atoms with Crippen molar-refractivity contribution in [3.05, 3.63) is 69.4 Å². The molecule has 2 aromatic heterocycles. The second kappa shape index (κ2) is 9.08. The van der Waals surface area contributed by atoms with Crippen molar-refractivity contribution >= 4 is 16.7 Å². The Morgan fingerprint density at radius 3 is 2.50 bits per heavy atom. The van der Waals surface area contributed by atoms with Gasteiger partial charge < -0.3 is 14.6 Å². The number of piperazine rings is 1. The maximum absolute atomic E-state index is 14.5. The minimum atomic E-state index is -0.996. The Morgan fingerprint density at radius 2 is 1.88 bits per heavy atom. The number of aromatic nitrogens is 2. The van der Waals surface area contributed by atoms with Gasteiger partial charge in [-0.05, 0) is 26.0 Å². The zero-order chi connectivity index (χ0) is 24.7. The van der Waals surface area contributed by atoms with Gasteiger partial charge in [-0.1, -0.05) is 0 Å². The SMILES string of the molecule is CC(c1c(F)cc(F)cc1F)N1C[C@@H](C)N(c2cc(=O)n(C)c3ccc(C#N)nc23)C[C@@H]1CO. The summed E-state index contributed by atoms with van der Waals surface area (Å²) in [7, 11) is 1.62. The second-order valence-electron chi connectivity index (χ2n) is 8.60. The van der Waals surface area contributed by atoms with Gasteiger partial charge in [-0.15, -0.1) is 0 Å². The van der Waals surface area contributed by atoms with Crippen LogP contribution in [0.4, 0.5) is 18.9 Å². The zero-order valence-electron chi connectivity index (χ0n) is 19.0. The number of rotatable bonds is 4. The van der Waals surface area contributed by atoms with Crippen molar-refractivity contribution in [2.75, 3.05) is 24.6 Å². The molecule has 3 aromatic rings. The maximum atomic E-state index is 14.5. The van der Waals surface area contributed by atoms with Gasteiger partial charge in [0.15, 0.2) is 0 Å². The molecule has 7 nitrogen and oxygen atoms in total. The molecule has 1 N–H and O–H groups in total. The summed E-state index contributed by atoms with van der Waals surface area (Å²) >= 11 is 0. The fourth-order valence-electron chi connectivity index (χ4n) is 4.75. The summed E-state index contributed by atoms with van der Waals surface area (Å²) in [6, 6.07) is 6.40. The van der Waals surface area contributed by atoms with E-state index in [-0.39, 0.29) is 36.0 Å². The quantitative estimate of drug-likeness (QED) is 0.630. The average molecular weight is 471 g/mol. The largest absolute Gasteiger partial charge is 0.395 e. The molecular formula is C24H24F3N5O2. The number of anilines is 1. The third kappa shape index (κ3) is 4.02. The van der Waals surface area contributed by atoms with Crippen molar-refractivity contribution in [3.63, 3.8) is 0 Å². The van der Waals surface area contributed by atoms with Crippen LogP contribution in [-0.4, -0.2) is 51.3 Å². The number of hydrogen-bond donors (Lipinski definition) is 1. The number of pyridine rings is 2. The number of benzene rings is 1. The molecule has 1 aliphatic heterocycles. The fourth-order valence-corrected chi connectivity index (χ4v) is 4.75. The molecule has 0 aliphatic carbocycles. The van der Waals surface area contributed by atoms with E-state index in [0.29, 0.717) is 35.4 Å². The van der Waals surface area contributed by atoms with E-state index >= 15 is 0 Å². The summed E-state index contributed by atoms with van der Waals surface area (Å²) < 4.78 is 43.8. The lowest BCUT2D eigenvalue weighted by molar-refractivity contribution is 0.0628. The Labute approximate surface area is 194 Å². The molecule has 34 heavy (non-hydrogen) atoms. The molecule has 1 fully saturated rings. The molecule has 1 aliphatic rings. The summed E-state index contributed by atoms with van der Waals surface area (Å²) in [5.41, 5.74) is 1.23. The van der Waals surface area contributed by atoms with Crippen LogP contribution >= 0.6 is 0 Å². The Balaban J connectivity index is 1.74. The molecule has 0 bridgehead atoms. The van der Waals surface area contributed by atoms with Gasteiger partial charge in [0.25, 0.3) is 5.56 Å². The minimum Gasteiger partial charge on any atom is -0.395 e. The molecule has 4 rings (SSSR count). The first-order valence-electron chi connectivity index (χ1n) is 10.8. The Morgan fingerprint density at radius 1 is 1.21 bits per heavy atom. The lowest BCUT2D eigenvalue weighted by Gasteiger charge is -2.48. The zero-order valence-corrected chi connectivity index (χ0v) is 19.0. The maximum Gasteiger partial charge on any atom is 0.252 e. The van der Waals surface area contributed by atoms with Gasteiger partial charge in [-0.25, -0.2) is 18.2 Å². The fraction of sp³-hybridized carbons (Fsp3) is 0.375. The standard InChI is InChI=1S/C24H24F3N5O2/c1-13-10-32(14(2)23-18(26)6-15(25)7-19(23)27)17(12-33)11-31(13)21-8-22(34)30(3)20-5-4-16(9-28)29-24(20)21/h4-8,13-14,17,33H,10-12H2,1-3H3/t13-,14?,17-/m1/s1. The highest BCUT2D eigenvalue weighted by Gasteiger charge is 2.37. The molecule has 1 saturated heterocycles.